The van der Waals surface area contributed by atoms with Crippen molar-refractivity contribution < 1.29 is 9.59 Å². The van der Waals surface area contributed by atoms with Crippen LogP contribution in [0.25, 0.3) is 0 Å². The standard InChI is InChI=1S/C16H30N2O2/c1-4-7-10-13(8-5-2)18-12-11-15(19)17-14(9-6-3)16(18)20/h13-14H,4-12H2,1-3H3,(H,17,19). The monoisotopic (exact) mass is 282 g/mol. The summed E-state index contributed by atoms with van der Waals surface area (Å²) in [5.74, 6) is 0.150. The maximum absolute atomic E-state index is 12.7. The van der Waals surface area contributed by atoms with Gasteiger partial charge in [-0.2, -0.15) is 0 Å². The first-order valence-electron chi connectivity index (χ1n) is 8.23. The van der Waals surface area contributed by atoms with E-state index >= 15 is 0 Å². The Balaban J connectivity index is 2.81. The highest BCUT2D eigenvalue weighted by Gasteiger charge is 2.32. The van der Waals surface area contributed by atoms with Gasteiger partial charge in [0, 0.05) is 19.0 Å². The zero-order chi connectivity index (χ0) is 15.0. The van der Waals surface area contributed by atoms with Crippen LogP contribution in [0.3, 0.4) is 0 Å². The molecule has 0 aromatic carbocycles. The summed E-state index contributed by atoms with van der Waals surface area (Å²) in [6.07, 6.45) is 7.58. The number of carbonyl (C=O) groups excluding carboxylic acids is 2. The van der Waals surface area contributed by atoms with Gasteiger partial charge in [0.25, 0.3) is 0 Å². The molecule has 4 nitrogen and oxygen atoms in total. The van der Waals surface area contributed by atoms with E-state index in [0.717, 1.165) is 44.9 Å². The van der Waals surface area contributed by atoms with Crippen LogP contribution in [0.5, 0.6) is 0 Å². The van der Waals surface area contributed by atoms with Gasteiger partial charge in [-0.15, -0.1) is 0 Å². The number of rotatable bonds is 8. The molecule has 1 saturated heterocycles. The van der Waals surface area contributed by atoms with E-state index in [1.54, 1.807) is 0 Å². The zero-order valence-corrected chi connectivity index (χ0v) is 13.3. The van der Waals surface area contributed by atoms with Crippen LogP contribution in [0.15, 0.2) is 0 Å². The molecule has 0 bridgehead atoms. The van der Waals surface area contributed by atoms with Crippen molar-refractivity contribution >= 4 is 11.8 Å². The lowest BCUT2D eigenvalue weighted by molar-refractivity contribution is -0.136. The number of amides is 2. The van der Waals surface area contributed by atoms with Crippen molar-refractivity contribution in [1.29, 1.82) is 0 Å². The quantitative estimate of drug-likeness (QED) is 0.744. The Morgan fingerprint density at radius 1 is 1.15 bits per heavy atom. The van der Waals surface area contributed by atoms with Crippen molar-refractivity contribution in [1.82, 2.24) is 10.2 Å². The number of hydrogen-bond donors (Lipinski definition) is 1. The van der Waals surface area contributed by atoms with E-state index in [1.165, 1.54) is 0 Å². The van der Waals surface area contributed by atoms with Gasteiger partial charge in [0.1, 0.15) is 6.04 Å². The Morgan fingerprint density at radius 3 is 2.50 bits per heavy atom. The smallest absolute Gasteiger partial charge is 0.245 e. The topological polar surface area (TPSA) is 49.4 Å². The van der Waals surface area contributed by atoms with E-state index < -0.39 is 0 Å². The number of unbranched alkanes of at least 4 members (excludes halogenated alkanes) is 1. The predicted octanol–water partition coefficient (Wildman–Crippen LogP) is 2.86. The van der Waals surface area contributed by atoms with E-state index in [-0.39, 0.29) is 17.9 Å². The molecule has 116 valence electrons. The SMILES string of the molecule is CCCCC(CCC)N1CCC(=O)NC(CCC)C1=O. The van der Waals surface area contributed by atoms with Crippen LogP contribution in [0.1, 0.15) is 72.1 Å². The number of nitrogens with zero attached hydrogens (tertiary/aromatic N) is 1. The van der Waals surface area contributed by atoms with E-state index in [2.05, 4.69) is 26.1 Å². The molecule has 1 N–H and O–H groups in total. The normalized spacial score (nSPS) is 21.6. The molecule has 0 saturated carbocycles. The molecular weight excluding hydrogens is 252 g/mol. The highest BCUT2D eigenvalue weighted by Crippen LogP contribution is 2.19. The predicted molar refractivity (Wildman–Crippen MR) is 81.4 cm³/mol. The van der Waals surface area contributed by atoms with E-state index in [9.17, 15) is 9.59 Å². The van der Waals surface area contributed by atoms with Crippen LogP contribution in [0.4, 0.5) is 0 Å². The summed E-state index contributed by atoms with van der Waals surface area (Å²) in [4.78, 5) is 26.4. The van der Waals surface area contributed by atoms with Gasteiger partial charge in [0.15, 0.2) is 0 Å². The molecule has 0 radical (unpaired) electrons. The third-order valence-corrected chi connectivity index (χ3v) is 4.03. The van der Waals surface area contributed by atoms with Gasteiger partial charge in [-0.05, 0) is 19.3 Å². The first-order valence-corrected chi connectivity index (χ1v) is 8.23. The lowest BCUT2D eigenvalue weighted by atomic mass is 10.0. The van der Waals surface area contributed by atoms with Crippen LogP contribution in [0.2, 0.25) is 0 Å². The van der Waals surface area contributed by atoms with Crippen LogP contribution < -0.4 is 5.32 Å². The second-order valence-corrected chi connectivity index (χ2v) is 5.78. The van der Waals surface area contributed by atoms with Gasteiger partial charge in [-0.3, -0.25) is 9.59 Å². The second-order valence-electron chi connectivity index (χ2n) is 5.78. The lowest BCUT2D eigenvalue weighted by Gasteiger charge is -2.32. The summed E-state index contributed by atoms with van der Waals surface area (Å²) in [6, 6.07) is -0.00418. The molecule has 2 unspecified atom stereocenters. The van der Waals surface area contributed by atoms with Crippen molar-refractivity contribution in [3.63, 3.8) is 0 Å². The van der Waals surface area contributed by atoms with E-state index in [1.807, 2.05) is 4.90 Å². The molecule has 2 atom stereocenters. The highest BCUT2D eigenvalue weighted by atomic mass is 16.2. The molecule has 1 aliphatic rings. The van der Waals surface area contributed by atoms with Gasteiger partial charge >= 0.3 is 0 Å². The summed E-state index contributed by atoms with van der Waals surface area (Å²) in [7, 11) is 0. The van der Waals surface area contributed by atoms with E-state index in [0.29, 0.717) is 19.0 Å². The van der Waals surface area contributed by atoms with Crippen molar-refractivity contribution in [2.75, 3.05) is 6.54 Å². The van der Waals surface area contributed by atoms with Crippen LogP contribution in [0, 0.1) is 0 Å². The minimum absolute atomic E-state index is 0.0186. The molecule has 1 heterocycles. The molecule has 1 aliphatic heterocycles. The summed E-state index contributed by atoms with van der Waals surface area (Å²) in [6.45, 7) is 6.97. The van der Waals surface area contributed by atoms with Gasteiger partial charge < -0.3 is 10.2 Å². The summed E-state index contributed by atoms with van der Waals surface area (Å²) >= 11 is 0. The summed E-state index contributed by atoms with van der Waals surface area (Å²) < 4.78 is 0. The minimum atomic E-state index is -0.309. The molecule has 0 aromatic heterocycles. The summed E-state index contributed by atoms with van der Waals surface area (Å²) in [5, 5.41) is 2.88. The maximum Gasteiger partial charge on any atom is 0.245 e. The third-order valence-electron chi connectivity index (χ3n) is 4.03. The summed E-state index contributed by atoms with van der Waals surface area (Å²) in [5.41, 5.74) is 0. The first-order chi connectivity index (χ1) is 9.63. The van der Waals surface area contributed by atoms with Gasteiger partial charge in [0.2, 0.25) is 11.8 Å². The van der Waals surface area contributed by atoms with E-state index in [4.69, 9.17) is 0 Å². The largest absolute Gasteiger partial charge is 0.344 e. The minimum Gasteiger partial charge on any atom is -0.344 e. The molecule has 0 aliphatic carbocycles. The molecule has 20 heavy (non-hydrogen) atoms. The van der Waals surface area contributed by atoms with Gasteiger partial charge in [0.05, 0.1) is 0 Å². The van der Waals surface area contributed by atoms with Crippen LogP contribution in [-0.4, -0.2) is 35.3 Å². The fourth-order valence-corrected chi connectivity index (χ4v) is 2.94. The second kappa shape index (κ2) is 8.98. The van der Waals surface area contributed by atoms with Crippen LogP contribution >= 0.6 is 0 Å². The Morgan fingerprint density at radius 2 is 1.90 bits per heavy atom. The van der Waals surface area contributed by atoms with Crippen LogP contribution in [-0.2, 0) is 9.59 Å². The van der Waals surface area contributed by atoms with Crippen molar-refractivity contribution in [3.8, 4) is 0 Å². The fourth-order valence-electron chi connectivity index (χ4n) is 2.94. The van der Waals surface area contributed by atoms with Crippen molar-refractivity contribution in [2.24, 2.45) is 0 Å². The molecule has 0 spiro atoms. The molecule has 2 amide bonds. The molecule has 0 aromatic rings. The van der Waals surface area contributed by atoms with Crippen molar-refractivity contribution in [2.45, 2.75) is 84.2 Å². The Kier molecular flexibility index (Phi) is 7.63. The first kappa shape index (κ1) is 17.0. The average molecular weight is 282 g/mol. The average Bonchev–Trinajstić information content (AvgIpc) is 2.56. The molecule has 4 heteroatoms. The maximum atomic E-state index is 12.7. The zero-order valence-electron chi connectivity index (χ0n) is 13.3. The van der Waals surface area contributed by atoms with Gasteiger partial charge in [-0.1, -0.05) is 46.5 Å². The van der Waals surface area contributed by atoms with Gasteiger partial charge in [-0.25, -0.2) is 0 Å². The molecule has 1 fully saturated rings. The number of nitrogens with one attached hydrogen (secondary N) is 1. The van der Waals surface area contributed by atoms with Crippen molar-refractivity contribution in [3.05, 3.63) is 0 Å². The molecule has 1 rings (SSSR count). The number of carbonyl (C=O) groups is 2. The Bertz CT molecular complexity index is 318. The molecular formula is C16H30N2O2. The number of hydrogen-bond acceptors (Lipinski definition) is 2. The Hall–Kier alpha value is -1.06. The highest BCUT2D eigenvalue weighted by molar-refractivity contribution is 5.90. The fraction of sp³-hybridized carbons (Fsp3) is 0.875. The third kappa shape index (κ3) is 4.80. The lowest BCUT2D eigenvalue weighted by Crippen LogP contribution is -2.48. The Labute approximate surface area is 123 Å².